The predicted octanol–water partition coefficient (Wildman–Crippen LogP) is 2.92. The van der Waals surface area contributed by atoms with Crippen LogP contribution in [0.3, 0.4) is 0 Å². The molecule has 6 nitrogen and oxygen atoms in total. The fourth-order valence-electron chi connectivity index (χ4n) is 4.47. The van der Waals surface area contributed by atoms with E-state index in [0.29, 0.717) is 13.1 Å². The highest BCUT2D eigenvalue weighted by Gasteiger charge is 2.30. The van der Waals surface area contributed by atoms with E-state index < -0.39 is 10.0 Å². The lowest BCUT2D eigenvalue weighted by Crippen LogP contribution is -2.39. The van der Waals surface area contributed by atoms with Gasteiger partial charge in [-0.3, -0.25) is 0 Å². The van der Waals surface area contributed by atoms with Crippen LogP contribution in [0.15, 0.2) is 30.3 Å². The van der Waals surface area contributed by atoms with Crippen LogP contribution in [0.5, 0.6) is 0 Å². The number of sulfonamides is 1. The maximum Gasteiger partial charge on any atom is 0.211 e. The lowest BCUT2D eigenvalue weighted by Gasteiger charge is -2.34. The second kappa shape index (κ2) is 8.40. The van der Waals surface area contributed by atoms with Crippen LogP contribution >= 0.6 is 0 Å². The molecule has 0 unspecified atom stereocenters. The molecule has 2 aliphatic heterocycles. The molecule has 0 saturated carbocycles. The molecule has 1 saturated heterocycles. The van der Waals surface area contributed by atoms with Crippen molar-refractivity contribution < 1.29 is 8.42 Å². The van der Waals surface area contributed by atoms with Crippen molar-refractivity contribution in [3.8, 4) is 0 Å². The average Bonchev–Trinajstić information content (AvgIpc) is 2.72. The van der Waals surface area contributed by atoms with E-state index in [1.165, 1.54) is 17.4 Å². The van der Waals surface area contributed by atoms with Crippen molar-refractivity contribution in [2.24, 2.45) is 0 Å². The molecule has 3 heterocycles. The summed E-state index contributed by atoms with van der Waals surface area (Å²) in [5.74, 6) is 1.94. The third-order valence-electron chi connectivity index (χ3n) is 6.10. The molecule has 0 aliphatic carbocycles. The Morgan fingerprint density at radius 3 is 2.66 bits per heavy atom. The van der Waals surface area contributed by atoms with Gasteiger partial charge in [0.25, 0.3) is 0 Å². The van der Waals surface area contributed by atoms with E-state index in [0.717, 1.165) is 62.5 Å². The Morgan fingerprint density at radius 1 is 1.10 bits per heavy atom. The summed E-state index contributed by atoms with van der Waals surface area (Å²) in [4.78, 5) is 12.2. The summed E-state index contributed by atoms with van der Waals surface area (Å²) in [6, 6.07) is 10.6. The van der Waals surface area contributed by atoms with Gasteiger partial charge in [0.05, 0.1) is 6.26 Å². The number of rotatable bonds is 5. The van der Waals surface area contributed by atoms with Crippen LogP contribution < -0.4 is 4.90 Å². The van der Waals surface area contributed by atoms with Crippen LogP contribution in [0.1, 0.15) is 47.8 Å². The molecular formula is C22H30N4O2S. The van der Waals surface area contributed by atoms with Gasteiger partial charge in [-0.25, -0.2) is 22.7 Å². The quantitative estimate of drug-likeness (QED) is 0.753. The van der Waals surface area contributed by atoms with Crippen molar-refractivity contribution in [1.29, 1.82) is 0 Å². The average molecular weight is 415 g/mol. The number of aryl methyl sites for hydroxylation is 1. The third kappa shape index (κ3) is 4.61. The summed E-state index contributed by atoms with van der Waals surface area (Å²) in [7, 11) is -3.18. The van der Waals surface area contributed by atoms with Gasteiger partial charge in [-0.2, -0.15) is 0 Å². The van der Waals surface area contributed by atoms with Gasteiger partial charge >= 0.3 is 0 Å². The van der Waals surface area contributed by atoms with Crippen LogP contribution in [0.25, 0.3) is 0 Å². The zero-order chi connectivity index (χ0) is 20.4. The molecule has 4 rings (SSSR count). The van der Waals surface area contributed by atoms with E-state index in [9.17, 15) is 8.42 Å². The molecule has 0 amide bonds. The van der Waals surface area contributed by atoms with Crippen LogP contribution in [-0.2, 0) is 22.9 Å². The Labute approximate surface area is 174 Å². The van der Waals surface area contributed by atoms with Crippen LogP contribution in [0.4, 0.5) is 5.82 Å². The standard InChI is InChI=1S/C22H30N4O2S/c1-17-20-11-7-13-25(15-12-18-8-4-3-5-9-18)22(20)24-21(23-17)19-10-6-14-26(16-19)29(2,27)28/h3-5,8-9,19H,6-7,10-16H2,1-2H3/t19-/m1/s1. The van der Waals surface area contributed by atoms with Gasteiger partial charge in [-0.05, 0) is 44.6 Å². The normalized spacial score (nSPS) is 20.5. The van der Waals surface area contributed by atoms with Crippen molar-refractivity contribution in [3.05, 3.63) is 53.0 Å². The van der Waals surface area contributed by atoms with Crippen molar-refractivity contribution in [2.75, 3.05) is 37.3 Å². The molecule has 0 spiro atoms. The Kier molecular flexibility index (Phi) is 5.88. The van der Waals surface area contributed by atoms with Gasteiger partial charge < -0.3 is 4.90 Å². The largest absolute Gasteiger partial charge is 0.356 e. The minimum absolute atomic E-state index is 0.0698. The van der Waals surface area contributed by atoms with Crippen molar-refractivity contribution in [2.45, 2.75) is 44.9 Å². The molecule has 29 heavy (non-hydrogen) atoms. The lowest BCUT2D eigenvalue weighted by molar-refractivity contribution is 0.310. The van der Waals surface area contributed by atoms with E-state index in [-0.39, 0.29) is 5.92 Å². The first kappa shape index (κ1) is 20.3. The second-order valence-electron chi connectivity index (χ2n) is 8.26. The highest BCUT2D eigenvalue weighted by atomic mass is 32.2. The van der Waals surface area contributed by atoms with Gasteiger partial charge in [0.1, 0.15) is 11.6 Å². The highest BCUT2D eigenvalue weighted by molar-refractivity contribution is 7.88. The van der Waals surface area contributed by atoms with Gasteiger partial charge in [0, 0.05) is 43.4 Å². The minimum Gasteiger partial charge on any atom is -0.356 e. The van der Waals surface area contributed by atoms with E-state index in [4.69, 9.17) is 9.97 Å². The number of anilines is 1. The van der Waals surface area contributed by atoms with Crippen molar-refractivity contribution >= 4 is 15.8 Å². The topological polar surface area (TPSA) is 66.4 Å². The molecule has 7 heteroatoms. The van der Waals surface area contributed by atoms with Gasteiger partial charge in [0.2, 0.25) is 10.0 Å². The highest BCUT2D eigenvalue weighted by Crippen LogP contribution is 2.32. The van der Waals surface area contributed by atoms with Crippen molar-refractivity contribution in [3.63, 3.8) is 0 Å². The fourth-order valence-corrected chi connectivity index (χ4v) is 5.38. The van der Waals surface area contributed by atoms with E-state index in [1.54, 1.807) is 4.31 Å². The second-order valence-corrected chi connectivity index (χ2v) is 10.2. The fraction of sp³-hybridized carbons (Fsp3) is 0.545. The molecule has 2 aromatic rings. The minimum atomic E-state index is -3.18. The number of piperidine rings is 1. The number of hydrogen-bond donors (Lipinski definition) is 0. The number of aromatic nitrogens is 2. The van der Waals surface area contributed by atoms with Crippen LogP contribution in [0, 0.1) is 6.92 Å². The summed E-state index contributed by atoms with van der Waals surface area (Å²) in [6.45, 7) is 5.11. The Bertz CT molecular complexity index is 962. The van der Waals surface area contributed by atoms with E-state index >= 15 is 0 Å². The van der Waals surface area contributed by atoms with Crippen LogP contribution in [-0.4, -0.2) is 55.1 Å². The Morgan fingerprint density at radius 2 is 1.90 bits per heavy atom. The first-order valence-corrected chi connectivity index (χ1v) is 12.4. The monoisotopic (exact) mass is 414 g/mol. The molecule has 0 bridgehead atoms. The maximum atomic E-state index is 12.0. The molecule has 1 fully saturated rings. The zero-order valence-corrected chi connectivity index (χ0v) is 18.2. The molecule has 0 N–H and O–H groups in total. The summed E-state index contributed by atoms with van der Waals surface area (Å²) in [6.07, 6.45) is 6.22. The zero-order valence-electron chi connectivity index (χ0n) is 17.3. The number of benzene rings is 1. The van der Waals surface area contributed by atoms with Gasteiger partial charge in [-0.1, -0.05) is 30.3 Å². The van der Waals surface area contributed by atoms with Gasteiger partial charge in [0.15, 0.2) is 0 Å². The smallest absolute Gasteiger partial charge is 0.211 e. The summed E-state index contributed by atoms with van der Waals surface area (Å²) in [5, 5.41) is 0. The molecule has 2 aliphatic rings. The first-order valence-electron chi connectivity index (χ1n) is 10.5. The molecule has 1 aromatic carbocycles. The lowest BCUT2D eigenvalue weighted by atomic mass is 9.97. The SMILES string of the molecule is Cc1nc([C@@H]2CCCN(S(C)(=O)=O)C2)nc2c1CCCN2CCc1ccccc1. The van der Waals surface area contributed by atoms with E-state index in [2.05, 4.69) is 36.1 Å². The summed E-state index contributed by atoms with van der Waals surface area (Å²) < 4.78 is 25.6. The van der Waals surface area contributed by atoms with Crippen molar-refractivity contribution in [1.82, 2.24) is 14.3 Å². The summed E-state index contributed by atoms with van der Waals surface area (Å²) >= 11 is 0. The molecule has 1 atom stereocenters. The third-order valence-corrected chi connectivity index (χ3v) is 7.36. The van der Waals surface area contributed by atoms with E-state index in [1.807, 2.05) is 6.07 Å². The Hall–Kier alpha value is -1.99. The van der Waals surface area contributed by atoms with Gasteiger partial charge in [-0.15, -0.1) is 0 Å². The summed E-state index contributed by atoms with van der Waals surface area (Å²) in [5.41, 5.74) is 3.64. The van der Waals surface area contributed by atoms with Crippen LogP contribution in [0.2, 0.25) is 0 Å². The number of nitrogens with zero attached hydrogens (tertiary/aromatic N) is 4. The maximum absolute atomic E-state index is 12.0. The predicted molar refractivity (Wildman–Crippen MR) is 116 cm³/mol. The molecule has 156 valence electrons. The first-order chi connectivity index (χ1) is 13.9. The Balaban J connectivity index is 1.58. The molecular weight excluding hydrogens is 384 g/mol. The number of fused-ring (bicyclic) bond motifs is 1. The molecule has 1 aromatic heterocycles. The molecule has 0 radical (unpaired) electrons. The number of hydrogen-bond acceptors (Lipinski definition) is 5.